The number of carbonyl (C=O) groups is 1. The molecule has 1 aromatic heterocycles. The maximum absolute atomic E-state index is 11.8. The van der Waals surface area contributed by atoms with Crippen LogP contribution in [0.5, 0.6) is 0 Å². The molecule has 1 aliphatic carbocycles. The van der Waals surface area contributed by atoms with Gasteiger partial charge in [0, 0.05) is 23.0 Å². The number of para-hydroxylation sites is 1. The lowest BCUT2D eigenvalue weighted by atomic mass is 9.90. The second-order valence-corrected chi connectivity index (χ2v) is 4.75. The predicted molar refractivity (Wildman–Crippen MR) is 60.0 cm³/mol. The molecule has 0 aliphatic heterocycles. The molecule has 15 heavy (non-hydrogen) atoms. The first kappa shape index (κ1) is 8.72. The Labute approximate surface area is 88.3 Å². The molecular formula is C13H13NO. The van der Waals surface area contributed by atoms with Crippen molar-refractivity contribution in [1.82, 2.24) is 4.98 Å². The molecule has 0 unspecified atom stereocenters. The fourth-order valence-electron chi connectivity index (χ4n) is 2.44. The van der Waals surface area contributed by atoms with Crippen molar-refractivity contribution < 1.29 is 4.79 Å². The van der Waals surface area contributed by atoms with Crippen LogP contribution in [-0.2, 0) is 16.6 Å². The van der Waals surface area contributed by atoms with Crippen LogP contribution in [0.2, 0.25) is 0 Å². The number of Topliss-reactive ketones (excluding diaryl/α,β-unsaturated/α-hetero) is 1. The molecule has 3 rings (SSSR count). The Hall–Kier alpha value is -1.57. The van der Waals surface area contributed by atoms with Gasteiger partial charge in [-0.05, 0) is 25.5 Å². The minimum absolute atomic E-state index is 0.314. The summed E-state index contributed by atoms with van der Waals surface area (Å²) < 4.78 is 0. The number of hydrogen-bond donors (Lipinski definition) is 1. The molecule has 0 saturated carbocycles. The molecule has 0 bridgehead atoms. The quantitative estimate of drug-likeness (QED) is 0.695. The molecule has 76 valence electrons. The van der Waals surface area contributed by atoms with Crippen LogP contribution < -0.4 is 0 Å². The number of nitrogens with one attached hydrogen (secondary N) is 1. The zero-order valence-electron chi connectivity index (χ0n) is 8.92. The van der Waals surface area contributed by atoms with Crippen LogP contribution in [0.1, 0.15) is 25.1 Å². The van der Waals surface area contributed by atoms with E-state index in [0.717, 1.165) is 11.2 Å². The Morgan fingerprint density at radius 2 is 2.00 bits per heavy atom. The summed E-state index contributed by atoms with van der Waals surface area (Å²) in [5, 5.41) is 1.20. The van der Waals surface area contributed by atoms with E-state index in [1.165, 1.54) is 10.9 Å². The zero-order chi connectivity index (χ0) is 10.6. The minimum atomic E-state index is -0.339. The number of fused-ring (bicyclic) bond motifs is 3. The molecule has 1 aliphatic rings. The van der Waals surface area contributed by atoms with Gasteiger partial charge in [-0.15, -0.1) is 0 Å². The van der Waals surface area contributed by atoms with Crippen LogP contribution in [0.3, 0.4) is 0 Å². The predicted octanol–water partition coefficient (Wildman–Crippen LogP) is 2.57. The second-order valence-electron chi connectivity index (χ2n) is 4.75. The molecule has 0 fully saturated rings. The molecule has 1 heterocycles. The van der Waals surface area contributed by atoms with Crippen LogP contribution in [0.25, 0.3) is 10.9 Å². The summed E-state index contributed by atoms with van der Waals surface area (Å²) in [6, 6.07) is 8.18. The van der Waals surface area contributed by atoms with Gasteiger partial charge in [-0.1, -0.05) is 18.2 Å². The van der Waals surface area contributed by atoms with Gasteiger partial charge in [0.05, 0.1) is 5.41 Å². The van der Waals surface area contributed by atoms with Gasteiger partial charge in [0.2, 0.25) is 0 Å². The average Bonchev–Trinajstić information content (AvgIpc) is 2.66. The van der Waals surface area contributed by atoms with E-state index in [0.29, 0.717) is 12.2 Å². The third-order valence-corrected chi connectivity index (χ3v) is 3.47. The fourth-order valence-corrected chi connectivity index (χ4v) is 2.44. The van der Waals surface area contributed by atoms with Crippen LogP contribution >= 0.6 is 0 Å². The van der Waals surface area contributed by atoms with E-state index in [9.17, 15) is 4.79 Å². The molecule has 1 N–H and O–H groups in total. The van der Waals surface area contributed by atoms with E-state index >= 15 is 0 Å². The number of aromatic nitrogens is 1. The highest BCUT2D eigenvalue weighted by Crippen LogP contribution is 2.39. The topological polar surface area (TPSA) is 32.9 Å². The van der Waals surface area contributed by atoms with Crippen molar-refractivity contribution in [1.29, 1.82) is 0 Å². The summed E-state index contributed by atoms with van der Waals surface area (Å²) in [4.78, 5) is 15.2. The van der Waals surface area contributed by atoms with Gasteiger partial charge in [-0.25, -0.2) is 0 Å². The first-order valence-electron chi connectivity index (χ1n) is 5.24. The summed E-state index contributed by atoms with van der Waals surface area (Å²) in [6.07, 6.45) is 0.576. The van der Waals surface area contributed by atoms with Gasteiger partial charge in [0.1, 0.15) is 5.78 Å². The Bertz CT molecular complexity index is 563. The number of ketones is 1. The lowest BCUT2D eigenvalue weighted by molar-refractivity contribution is -0.121. The highest BCUT2D eigenvalue weighted by molar-refractivity contribution is 6.01. The molecule has 0 saturated heterocycles. The zero-order valence-corrected chi connectivity index (χ0v) is 8.92. The molecule has 2 aromatic rings. The SMILES string of the molecule is CC1(C)C(=O)Cc2c1[nH]c1ccccc21. The van der Waals surface area contributed by atoms with Crippen LogP contribution in [0.15, 0.2) is 24.3 Å². The van der Waals surface area contributed by atoms with Gasteiger partial charge in [0.25, 0.3) is 0 Å². The highest BCUT2D eigenvalue weighted by atomic mass is 16.1. The van der Waals surface area contributed by atoms with E-state index in [1.807, 2.05) is 26.0 Å². The van der Waals surface area contributed by atoms with E-state index < -0.39 is 0 Å². The van der Waals surface area contributed by atoms with E-state index in [1.54, 1.807) is 0 Å². The Morgan fingerprint density at radius 1 is 1.27 bits per heavy atom. The minimum Gasteiger partial charge on any atom is -0.357 e. The van der Waals surface area contributed by atoms with Crippen LogP contribution in [0.4, 0.5) is 0 Å². The Kier molecular flexibility index (Phi) is 1.46. The van der Waals surface area contributed by atoms with Crippen LogP contribution in [-0.4, -0.2) is 10.8 Å². The van der Waals surface area contributed by atoms with Gasteiger partial charge < -0.3 is 4.98 Å². The summed E-state index contributed by atoms with van der Waals surface area (Å²) in [5.74, 6) is 0.314. The molecular weight excluding hydrogens is 186 g/mol. The number of carbonyl (C=O) groups excluding carboxylic acids is 1. The standard InChI is InChI=1S/C13H13NO/c1-13(2)11(15)7-9-8-5-3-4-6-10(8)14-12(9)13/h3-6,14H,7H2,1-2H3. The van der Waals surface area contributed by atoms with Gasteiger partial charge >= 0.3 is 0 Å². The molecule has 2 heteroatoms. The average molecular weight is 199 g/mol. The third-order valence-electron chi connectivity index (χ3n) is 3.47. The van der Waals surface area contributed by atoms with E-state index in [2.05, 4.69) is 17.1 Å². The van der Waals surface area contributed by atoms with Gasteiger partial charge in [-0.2, -0.15) is 0 Å². The molecule has 2 nitrogen and oxygen atoms in total. The van der Waals surface area contributed by atoms with Crippen molar-refractivity contribution in [3.63, 3.8) is 0 Å². The number of H-pyrrole nitrogens is 1. The number of benzene rings is 1. The lowest BCUT2D eigenvalue weighted by Crippen LogP contribution is -2.24. The number of rotatable bonds is 0. The van der Waals surface area contributed by atoms with Crippen molar-refractivity contribution in [3.8, 4) is 0 Å². The molecule has 0 spiro atoms. The molecule has 0 atom stereocenters. The van der Waals surface area contributed by atoms with Gasteiger partial charge in [-0.3, -0.25) is 4.79 Å². The third kappa shape index (κ3) is 0.965. The summed E-state index contributed by atoms with van der Waals surface area (Å²) >= 11 is 0. The monoisotopic (exact) mass is 199 g/mol. The van der Waals surface area contributed by atoms with Crippen molar-refractivity contribution in [2.24, 2.45) is 0 Å². The first-order valence-corrected chi connectivity index (χ1v) is 5.24. The Morgan fingerprint density at radius 3 is 2.80 bits per heavy atom. The van der Waals surface area contributed by atoms with Gasteiger partial charge in [0.15, 0.2) is 0 Å². The van der Waals surface area contributed by atoms with E-state index in [-0.39, 0.29) is 5.41 Å². The van der Waals surface area contributed by atoms with E-state index in [4.69, 9.17) is 0 Å². The van der Waals surface area contributed by atoms with Crippen molar-refractivity contribution in [3.05, 3.63) is 35.5 Å². The molecule has 0 amide bonds. The fraction of sp³-hybridized carbons (Fsp3) is 0.308. The number of aromatic amines is 1. The highest BCUT2D eigenvalue weighted by Gasteiger charge is 2.40. The maximum atomic E-state index is 11.8. The number of hydrogen-bond acceptors (Lipinski definition) is 1. The van der Waals surface area contributed by atoms with Crippen molar-refractivity contribution in [2.75, 3.05) is 0 Å². The van der Waals surface area contributed by atoms with Crippen molar-refractivity contribution in [2.45, 2.75) is 25.7 Å². The summed E-state index contributed by atoms with van der Waals surface area (Å²) in [7, 11) is 0. The smallest absolute Gasteiger partial charge is 0.148 e. The maximum Gasteiger partial charge on any atom is 0.148 e. The first-order chi connectivity index (χ1) is 7.10. The summed E-state index contributed by atoms with van der Waals surface area (Å²) in [5.41, 5.74) is 3.10. The summed E-state index contributed by atoms with van der Waals surface area (Å²) in [6.45, 7) is 3.99. The second kappa shape index (κ2) is 2.51. The molecule has 0 radical (unpaired) electrons. The normalized spacial score (nSPS) is 18.4. The molecule has 1 aromatic carbocycles. The lowest BCUT2D eigenvalue weighted by Gasteiger charge is -2.14. The van der Waals surface area contributed by atoms with Crippen molar-refractivity contribution >= 4 is 16.7 Å². The van der Waals surface area contributed by atoms with Crippen LogP contribution in [0, 0.1) is 0 Å². The largest absolute Gasteiger partial charge is 0.357 e. The Balaban J connectivity index is 2.38.